The van der Waals surface area contributed by atoms with Crippen LogP contribution >= 0.6 is 0 Å². The molecule has 1 aliphatic rings. The van der Waals surface area contributed by atoms with Gasteiger partial charge < -0.3 is 5.32 Å². The van der Waals surface area contributed by atoms with Crippen LogP contribution in [-0.2, 0) is 7.05 Å². The van der Waals surface area contributed by atoms with Crippen molar-refractivity contribution in [3.05, 3.63) is 11.9 Å². The van der Waals surface area contributed by atoms with Crippen molar-refractivity contribution in [3.8, 4) is 0 Å². The van der Waals surface area contributed by atoms with Gasteiger partial charge in [0.15, 0.2) is 0 Å². The fourth-order valence-electron chi connectivity index (χ4n) is 3.52. The Morgan fingerprint density at radius 3 is 2.63 bits per heavy atom. The third kappa shape index (κ3) is 3.16. The lowest BCUT2D eigenvalue weighted by atomic mass is 9.65. The molecule has 0 aliphatic heterocycles. The number of hydrogen-bond acceptors (Lipinski definition) is 3. The number of aryl methyl sites for hydroxylation is 1. The van der Waals surface area contributed by atoms with Gasteiger partial charge in [0, 0.05) is 13.0 Å². The van der Waals surface area contributed by atoms with E-state index in [1.165, 1.54) is 25.0 Å². The van der Waals surface area contributed by atoms with Gasteiger partial charge in [-0.1, -0.05) is 26.0 Å². The van der Waals surface area contributed by atoms with Crippen LogP contribution in [0.25, 0.3) is 0 Å². The van der Waals surface area contributed by atoms with Crippen molar-refractivity contribution in [2.45, 2.75) is 46.0 Å². The van der Waals surface area contributed by atoms with Gasteiger partial charge >= 0.3 is 0 Å². The lowest BCUT2D eigenvalue weighted by Crippen LogP contribution is -2.35. The van der Waals surface area contributed by atoms with E-state index in [2.05, 4.69) is 43.4 Å². The molecule has 1 heterocycles. The Labute approximate surface area is 117 Å². The maximum Gasteiger partial charge on any atom is 0.0728 e. The largest absolute Gasteiger partial charge is 0.319 e. The zero-order chi connectivity index (χ0) is 14.0. The summed E-state index contributed by atoms with van der Waals surface area (Å²) >= 11 is 0. The molecule has 1 aliphatic carbocycles. The van der Waals surface area contributed by atoms with E-state index in [-0.39, 0.29) is 0 Å². The lowest BCUT2D eigenvalue weighted by Gasteiger charge is -2.41. The highest BCUT2D eigenvalue weighted by atomic mass is 15.4. The second-order valence-electron chi connectivity index (χ2n) is 7.08. The van der Waals surface area contributed by atoms with Gasteiger partial charge in [0.2, 0.25) is 0 Å². The standard InChI is InChI=1S/C15H28N4/c1-15(2,3)12-7-6-11(9-16-4)13(8-12)14-10-17-18-19(14)5/h10-13,16H,6-9H2,1-5H3. The summed E-state index contributed by atoms with van der Waals surface area (Å²) in [6.07, 6.45) is 5.87. The molecule has 4 nitrogen and oxygen atoms in total. The Balaban J connectivity index is 2.20. The van der Waals surface area contributed by atoms with Gasteiger partial charge in [-0.3, -0.25) is 4.68 Å². The van der Waals surface area contributed by atoms with E-state index in [0.29, 0.717) is 17.3 Å². The van der Waals surface area contributed by atoms with Crippen LogP contribution in [0, 0.1) is 17.3 Å². The van der Waals surface area contributed by atoms with Gasteiger partial charge in [-0.15, -0.1) is 5.10 Å². The molecule has 1 N–H and O–H groups in total. The molecule has 0 amide bonds. The zero-order valence-corrected chi connectivity index (χ0v) is 13.0. The molecule has 0 radical (unpaired) electrons. The number of nitrogens with zero attached hydrogens (tertiary/aromatic N) is 3. The van der Waals surface area contributed by atoms with E-state index in [0.717, 1.165) is 12.5 Å². The average Bonchev–Trinajstić information content (AvgIpc) is 2.75. The number of nitrogens with one attached hydrogen (secondary N) is 1. The van der Waals surface area contributed by atoms with Crippen LogP contribution in [-0.4, -0.2) is 28.6 Å². The Morgan fingerprint density at radius 1 is 1.37 bits per heavy atom. The minimum atomic E-state index is 0.398. The van der Waals surface area contributed by atoms with E-state index in [4.69, 9.17) is 0 Å². The Hall–Kier alpha value is -0.900. The second-order valence-corrected chi connectivity index (χ2v) is 7.08. The van der Waals surface area contributed by atoms with E-state index < -0.39 is 0 Å². The number of aromatic nitrogens is 3. The van der Waals surface area contributed by atoms with Crippen LogP contribution in [0.2, 0.25) is 0 Å². The van der Waals surface area contributed by atoms with Crippen molar-refractivity contribution in [2.24, 2.45) is 24.3 Å². The summed E-state index contributed by atoms with van der Waals surface area (Å²) in [4.78, 5) is 0. The van der Waals surface area contributed by atoms with Crippen molar-refractivity contribution in [3.63, 3.8) is 0 Å². The fourth-order valence-corrected chi connectivity index (χ4v) is 3.52. The Morgan fingerprint density at radius 2 is 2.11 bits per heavy atom. The van der Waals surface area contributed by atoms with Gasteiger partial charge in [-0.05, 0) is 50.1 Å². The predicted molar refractivity (Wildman–Crippen MR) is 78.0 cm³/mol. The van der Waals surface area contributed by atoms with Gasteiger partial charge in [-0.25, -0.2) is 0 Å². The van der Waals surface area contributed by atoms with Gasteiger partial charge in [0.05, 0.1) is 11.9 Å². The molecular weight excluding hydrogens is 236 g/mol. The normalized spacial score (nSPS) is 28.6. The van der Waals surface area contributed by atoms with Crippen molar-refractivity contribution in [2.75, 3.05) is 13.6 Å². The van der Waals surface area contributed by atoms with Crippen molar-refractivity contribution < 1.29 is 0 Å². The summed E-state index contributed by atoms with van der Waals surface area (Å²) in [6, 6.07) is 0. The molecule has 1 aromatic heterocycles. The minimum absolute atomic E-state index is 0.398. The summed E-state index contributed by atoms with van der Waals surface area (Å²) < 4.78 is 1.96. The molecule has 0 spiro atoms. The molecule has 1 aromatic rings. The molecule has 3 unspecified atom stereocenters. The number of rotatable bonds is 3. The first-order valence-corrected chi connectivity index (χ1v) is 7.42. The number of hydrogen-bond donors (Lipinski definition) is 1. The fraction of sp³-hybridized carbons (Fsp3) is 0.867. The summed E-state index contributed by atoms with van der Waals surface area (Å²) in [5.74, 6) is 2.09. The highest BCUT2D eigenvalue weighted by molar-refractivity contribution is 5.08. The van der Waals surface area contributed by atoms with E-state index in [1.54, 1.807) is 0 Å². The SMILES string of the molecule is CNCC1CCC(C(C)(C)C)CC1c1cnnn1C. The molecule has 3 atom stereocenters. The molecule has 19 heavy (non-hydrogen) atoms. The van der Waals surface area contributed by atoms with Crippen LogP contribution in [0.1, 0.15) is 51.6 Å². The minimum Gasteiger partial charge on any atom is -0.319 e. The molecule has 4 heteroatoms. The maximum absolute atomic E-state index is 4.12. The molecule has 0 aromatic carbocycles. The van der Waals surface area contributed by atoms with Crippen LogP contribution in [0.15, 0.2) is 6.20 Å². The van der Waals surface area contributed by atoms with E-state index >= 15 is 0 Å². The summed E-state index contributed by atoms with van der Waals surface area (Å²) in [5.41, 5.74) is 1.70. The first kappa shape index (κ1) is 14.5. The smallest absolute Gasteiger partial charge is 0.0728 e. The molecule has 108 valence electrons. The first-order valence-electron chi connectivity index (χ1n) is 7.42. The highest BCUT2D eigenvalue weighted by Crippen LogP contribution is 2.46. The highest BCUT2D eigenvalue weighted by Gasteiger charge is 2.37. The van der Waals surface area contributed by atoms with Crippen molar-refractivity contribution >= 4 is 0 Å². The molecule has 1 fully saturated rings. The Kier molecular flexibility index (Phi) is 4.29. The summed E-state index contributed by atoms with van der Waals surface area (Å²) in [7, 11) is 4.06. The second kappa shape index (κ2) is 5.61. The van der Waals surface area contributed by atoms with Crippen LogP contribution in [0.4, 0.5) is 0 Å². The van der Waals surface area contributed by atoms with Crippen molar-refractivity contribution in [1.82, 2.24) is 20.3 Å². The van der Waals surface area contributed by atoms with Crippen molar-refractivity contribution in [1.29, 1.82) is 0 Å². The van der Waals surface area contributed by atoms with Crippen LogP contribution in [0.5, 0.6) is 0 Å². The molecule has 2 rings (SSSR count). The van der Waals surface area contributed by atoms with E-state index in [9.17, 15) is 0 Å². The van der Waals surface area contributed by atoms with Crippen LogP contribution in [0.3, 0.4) is 0 Å². The predicted octanol–water partition coefficient (Wildman–Crippen LogP) is 2.58. The lowest BCUT2D eigenvalue weighted by molar-refractivity contribution is 0.127. The quantitative estimate of drug-likeness (QED) is 0.912. The Bertz CT molecular complexity index is 405. The molecular formula is C15H28N4. The van der Waals surface area contributed by atoms with Gasteiger partial charge in [-0.2, -0.15) is 0 Å². The summed E-state index contributed by atoms with van der Waals surface area (Å²) in [5, 5.41) is 11.5. The third-order valence-electron chi connectivity index (χ3n) is 4.81. The average molecular weight is 264 g/mol. The molecule has 1 saturated carbocycles. The molecule has 0 saturated heterocycles. The topological polar surface area (TPSA) is 42.7 Å². The first-order chi connectivity index (χ1) is 8.93. The van der Waals surface area contributed by atoms with Gasteiger partial charge in [0.1, 0.15) is 0 Å². The zero-order valence-electron chi connectivity index (χ0n) is 13.0. The monoisotopic (exact) mass is 264 g/mol. The molecule has 0 bridgehead atoms. The van der Waals surface area contributed by atoms with Crippen LogP contribution < -0.4 is 5.32 Å². The summed E-state index contributed by atoms with van der Waals surface area (Å²) in [6.45, 7) is 8.20. The van der Waals surface area contributed by atoms with Gasteiger partial charge in [0.25, 0.3) is 0 Å². The van der Waals surface area contributed by atoms with E-state index in [1.807, 2.05) is 17.9 Å². The third-order valence-corrected chi connectivity index (χ3v) is 4.81. The maximum atomic E-state index is 4.12.